The third-order valence-electron chi connectivity index (χ3n) is 4.66. The van der Waals surface area contributed by atoms with Gasteiger partial charge in [-0.05, 0) is 30.5 Å². The van der Waals surface area contributed by atoms with Crippen molar-refractivity contribution in [1.82, 2.24) is 10.6 Å². The highest BCUT2D eigenvalue weighted by Crippen LogP contribution is 2.39. The molecule has 1 aliphatic heterocycles. The van der Waals surface area contributed by atoms with E-state index in [1.165, 1.54) is 18.4 Å². The number of rotatable bonds is 4. The molecular weight excluding hydrogens is 380 g/mol. The van der Waals surface area contributed by atoms with E-state index in [2.05, 4.69) is 50.8 Å². The minimum atomic E-state index is -0.187. The molecule has 1 saturated carbocycles. The predicted molar refractivity (Wildman–Crippen MR) is 96.9 cm³/mol. The van der Waals surface area contributed by atoms with Crippen LogP contribution in [0.3, 0.4) is 0 Å². The molecule has 6 heteroatoms. The van der Waals surface area contributed by atoms with Gasteiger partial charge in [-0.1, -0.05) is 40.9 Å². The van der Waals surface area contributed by atoms with E-state index in [1.807, 2.05) is 0 Å². The van der Waals surface area contributed by atoms with Crippen molar-refractivity contribution in [2.24, 2.45) is 0 Å². The zero-order valence-electron chi connectivity index (χ0n) is 13.1. The van der Waals surface area contributed by atoms with E-state index >= 15 is 0 Å². The van der Waals surface area contributed by atoms with Crippen LogP contribution >= 0.6 is 28.3 Å². The van der Waals surface area contributed by atoms with Gasteiger partial charge in [0.2, 0.25) is 5.91 Å². The van der Waals surface area contributed by atoms with Crippen molar-refractivity contribution in [3.05, 3.63) is 34.3 Å². The molecule has 1 atom stereocenters. The number of nitrogens with one attached hydrogen (secondary N) is 2. The average molecular weight is 404 g/mol. The zero-order chi connectivity index (χ0) is 15.4. The molecule has 1 aromatic rings. The lowest BCUT2D eigenvalue weighted by Crippen LogP contribution is -2.48. The van der Waals surface area contributed by atoms with Gasteiger partial charge in [-0.3, -0.25) is 4.79 Å². The molecule has 3 rings (SSSR count). The molecule has 23 heavy (non-hydrogen) atoms. The Balaban J connectivity index is 0.00000192. The maximum Gasteiger partial charge on any atom is 0.222 e. The van der Waals surface area contributed by atoms with E-state index in [4.69, 9.17) is 4.74 Å². The van der Waals surface area contributed by atoms with Crippen LogP contribution in [0.5, 0.6) is 0 Å². The largest absolute Gasteiger partial charge is 0.378 e. The van der Waals surface area contributed by atoms with E-state index in [1.54, 1.807) is 0 Å². The first-order chi connectivity index (χ1) is 10.7. The lowest BCUT2D eigenvalue weighted by Gasteiger charge is -2.32. The highest BCUT2D eigenvalue weighted by Gasteiger charge is 2.37. The Labute approximate surface area is 152 Å². The van der Waals surface area contributed by atoms with Crippen molar-refractivity contribution in [2.45, 2.75) is 43.7 Å². The molecule has 0 aromatic heterocycles. The zero-order valence-corrected chi connectivity index (χ0v) is 15.5. The van der Waals surface area contributed by atoms with Gasteiger partial charge in [0.25, 0.3) is 0 Å². The minimum Gasteiger partial charge on any atom is -0.378 e. The Hall–Kier alpha value is -0.620. The lowest BCUT2D eigenvalue weighted by molar-refractivity contribution is -0.124. The topological polar surface area (TPSA) is 50.4 Å². The smallest absolute Gasteiger partial charge is 0.222 e. The second-order valence-electron chi connectivity index (χ2n) is 6.27. The first-order valence-corrected chi connectivity index (χ1v) is 8.85. The summed E-state index contributed by atoms with van der Waals surface area (Å²) in [5.74, 6) is 0.118. The number of carbonyl (C=O) groups excluding carboxylic acids is 1. The molecule has 1 aliphatic carbocycles. The van der Waals surface area contributed by atoms with E-state index in [9.17, 15) is 4.79 Å². The summed E-state index contributed by atoms with van der Waals surface area (Å²) in [7, 11) is 0. The molecule has 4 nitrogen and oxygen atoms in total. The van der Waals surface area contributed by atoms with Crippen molar-refractivity contribution >= 4 is 34.2 Å². The number of ether oxygens (including phenoxy) is 1. The summed E-state index contributed by atoms with van der Waals surface area (Å²) in [5, 5.41) is 6.67. The Morgan fingerprint density at radius 3 is 2.61 bits per heavy atom. The van der Waals surface area contributed by atoms with Gasteiger partial charge in [0.1, 0.15) is 0 Å². The first-order valence-electron chi connectivity index (χ1n) is 8.06. The minimum absolute atomic E-state index is 0. The standard InChI is InChI=1S/C17H23BrN2O2.ClH/c18-14-5-3-13(4-6-14)17(7-1-2-8-17)20-16(21)11-15-12-22-10-9-19-15;/h3-6,15,19H,1-2,7-12H2,(H,20,21);1H. The maximum absolute atomic E-state index is 12.5. The van der Waals surface area contributed by atoms with Crippen LogP contribution in [0.4, 0.5) is 0 Å². The fourth-order valence-corrected chi connectivity index (χ4v) is 3.79. The number of amides is 1. The average Bonchev–Trinajstić information content (AvgIpc) is 2.98. The highest BCUT2D eigenvalue weighted by molar-refractivity contribution is 9.10. The van der Waals surface area contributed by atoms with Crippen LogP contribution in [-0.4, -0.2) is 31.7 Å². The Kier molecular flexibility index (Phi) is 6.89. The number of morpholine rings is 1. The quantitative estimate of drug-likeness (QED) is 0.812. The van der Waals surface area contributed by atoms with Crippen molar-refractivity contribution in [2.75, 3.05) is 19.8 Å². The molecular formula is C17H24BrClN2O2. The molecule has 2 N–H and O–H groups in total. The molecule has 0 spiro atoms. The molecule has 1 unspecified atom stereocenters. The summed E-state index contributed by atoms with van der Waals surface area (Å²) in [6, 6.07) is 8.49. The van der Waals surface area contributed by atoms with Crippen molar-refractivity contribution < 1.29 is 9.53 Å². The van der Waals surface area contributed by atoms with Gasteiger partial charge in [0.15, 0.2) is 0 Å². The number of hydrogen-bond donors (Lipinski definition) is 2. The molecule has 1 heterocycles. The fraction of sp³-hybridized carbons (Fsp3) is 0.588. The van der Waals surface area contributed by atoms with E-state index in [0.29, 0.717) is 13.0 Å². The molecule has 1 saturated heterocycles. The summed E-state index contributed by atoms with van der Waals surface area (Å²) in [4.78, 5) is 12.5. The summed E-state index contributed by atoms with van der Waals surface area (Å²) < 4.78 is 6.50. The van der Waals surface area contributed by atoms with Crippen molar-refractivity contribution in [3.8, 4) is 0 Å². The Morgan fingerprint density at radius 1 is 1.30 bits per heavy atom. The van der Waals surface area contributed by atoms with Gasteiger partial charge in [-0.25, -0.2) is 0 Å². The van der Waals surface area contributed by atoms with Gasteiger partial charge in [-0.15, -0.1) is 12.4 Å². The molecule has 2 aliphatic rings. The van der Waals surface area contributed by atoms with Crippen molar-refractivity contribution in [3.63, 3.8) is 0 Å². The van der Waals surface area contributed by atoms with Gasteiger partial charge >= 0.3 is 0 Å². The molecule has 0 radical (unpaired) electrons. The Morgan fingerprint density at radius 2 is 2.00 bits per heavy atom. The number of hydrogen-bond acceptors (Lipinski definition) is 3. The van der Waals surface area contributed by atoms with E-state index < -0.39 is 0 Å². The monoisotopic (exact) mass is 402 g/mol. The third kappa shape index (κ3) is 4.69. The van der Waals surface area contributed by atoms with Crippen molar-refractivity contribution in [1.29, 1.82) is 0 Å². The van der Waals surface area contributed by atoms with Crippen LogP contribution < -0.4 is 10.6 Å². The number of halogens is 2. The van der Waals surface area contributed by atoms with Gasteiger partial charge in [-0.2, -0.15) is 0 Å². The van der Waals surface area contributed by atoms with Crippen LogP contribution in [-0.2, 0) is 15.1 Å². The van der Waals surface area contributed by atoms with Gasteiger partial charge in [0.05, 0.1) is 18.8 Å². The van der Waals surface area contributed by atoms with Crippen LogP contribution in [0.2, 0.25) is 0 Å². The number of carbonyl (C=O) groups is 1. The number of benzene rings is 1. The van der Waals surface area contributed by atoms with Gasteiger partial charge < -0.3 is 15.4 Å². The lowest BCUT2D eigenvalue weighted by atomic mass is 9.88. The van der Waals surface area contributed by atoms with Crippen LogP contribution in [0.15, 0.2) is 28.7 Å². The van der Waals surface area contributed by atoms with E-state index in [-0.39, 0.29) is 29.9 Å². The summed E-state index contributed by atoms with van der Waals surface area (Å²) in [5.41, 5.74) is 1.03. The molecule has 128 valence electrons. The molecule has 2 fully saturated rings. The van der Waals surface area contributed by atoms with Gasteiger partial charge in [0, 0.05) is 23.5 Å². The second-order valence-corrected chi connectivity index (χ2v) is 7.19. The molecule has 0 bridgehead atoms. The van der Waals surface area contributed by atoms with Crippen LogP contribution in [0.25, 0.3) is 0 Å². The summed E-state index contributed by atoms with van der Waals surface area (Å²) in [6.45, 7) is 2.19. The fourth-order valence-electron chi connectivity index (χ4n) is 3.53. The SMILES string of the molecule is Cl.O=C(CC1COCCN1)NC1(c2ccc(Br)cc2)CCCC1. The summed E-state index contributed by atoms with van der Waals surface area (Å²) in [6.07, 6.45) is 4.87. The van der Waals surface area contributed by atoms with Crippen LogP contribution in [0.1, 0.15) is 37.7 Å². The summed E-state index contributed by atoms with van der Waals surface area (Å²) >= 11 is 3.48. The van der Waals surface area contributed by atoms with Crippen LogP contribution in [0, 0.1) is 0 Å². The Bertz CT molecular complexity index is 512. The third-order valence-corrected chi connectivity index (χ3v) is 5.19. The maximum atomic E-state index is 12.5. The van der Waals surface area contributed by atoms with E-state index in [0.717, 1.165) is 30.5 Å². The second kappa shape index (κ2) is 8.47. The normalized spacial score (nSPS) is 23.1. The molecule has 1 amide bonds. The first kappa shape index (κ1) is 18.7. The molecule has 1 aromatic carbocycles. The highest BCUT2D eigenvalue weighted by atomic mass is 79.9. The predicted octanol–water partition coefficient (Wildman–Crippen LogP) is 3.13.